The number of halogens is 4. The summed E-state index contributed by atoms with van der Waals surface area (Å²) >= 11 is 5.53. The van der Waals surface area contributed by atoms with E-state index >= 15 is 0 Å². The molecule has 0 saturated heterocycles. The van der Waals surface area contributed by atoms with Gasteiger partial charge >= 0.3 is 6.36 Å². The van der Waals surface area contributed by atoms with Crippen LogP contribution in [0.25, 0.3) is 0 Å². The number of carbonyl (C=O) groups excluding carboxylic acids is 1. The number of hydrogen-bond acceptors (Lipinski definition) is 6. The number of methoxy groups -OCH3 is 2. The number of nitrogens with zero attached hydrogens (tertiary/aromatic N) is 1. The molecule has 1 heterocycles. The Hall–Kier alpha value is -2.68. The van der Waals surface area contributed by atoms with Crippen molar-refractivity contribution >= 4 is 16.8 Å². The molecule has 0 spiro atoms. The molecule has 0 fully saturated rings. The number of alkyl halides is 3. The van der Waals surface area contributed by atoms with Gasteiger partial charge in [0.15, 0.2) is 23.0 Å². The Morgan fingerprint density at radius 1 is 1.04 bits per heavy atom. The number of carbonyl (C=O) groups is 1. The van der Waals surface area contributed by atoms with E-state index in [4.69, 9.17) is 25.8 Å². The zero-order valence-electron chi connectivity index (χ0n) is 12.9. The third kappa shape index (κ3) is 4.66. The summed E-state index contributed by atoms with van der Waals surface area (Å²) in [5.41, 5.74) is -0.0863. The molecule has 6 nitrogen and oxygen atoms in total. The SMILES string of the molecule is COc1cc(OC(F)(F)F)ccc1Oc1cncc(OC)c1C(=O)Cl. The fourth-order valence-electron chi connectivity index (χ4n) is 1.90. The molecule has 2 rings (SSSR count). The van der Waals surface area contributed by atoms with Gasteiger partial charge in [-0.15, -0.1) is 13.2 Å². The summed E-state index contributed by atoms with van der Waals surface area (Å²) in [7, 11) is 2.55. The van der Waals surface area contributed by atoms with Crippen molar-refractivity contribution in [3.8, 4) is 28.7 Å². The fourth-order valence-corrected chi connectivity index (χ4v) is 2.08. The highest BCUT2D eigenvalue weighted by atomic mass is 35.5. The summed E-state index contributed by atoms with van der Waals surface area (Å²) in [5.74, 6) is -0.506. The average molecular weight is 378 g/mol. The minimum absolute atomic E-state index is 0.0197. The van der Waals surface area contributed by atoms with E-state index in [0.29, 0.717) is 0 Å². The first-order valence-electron chi connectivity index (χ1n) is 6.58. The highest BCUT2D eigenvalue weighted by Gasteiger charge is 2.31. The fraction of sp³-hybridized carbons (Fsp3) is 0.200. The molecule has 0 amide bonds. The predicted molar refractivity (Wildman–Crippen MR) is 80.7 cm³/mol. The van der Waals surface area contributed by atoms with Crippen LogP contribution in [0, 0.1) is 0 Å². The van der Waals surface area contributed by atoms with Crippen molar-refractivity contribution in [1.82, 2.24) is 4.98 Å². The first-order valence-corrected chi connectivity index (χ1v) is 6.96. The van der Waals surface area contributed by atoms with Gasteiger partial charge < -0.3 is 18.9 Å². The number of benzene rings is 1. The summed E-state index contributed by atoms with van der Waals surface area (Å²) in [5, 5.41) is -0.856. The average Bonchev–Trinajstić information content (AvgIpc) is 2.54. The summed E-state index contributed by atoms with van der Waals surface area (Å²) < 4.78 is 56.1. The smallest absolute Gasteiger partial charge is 0.494 e. The maximum Gasteiger partial charge on any atom is 0.573 e. The van der Waals surface area contributed by atoms with Crippen LogP contribution < -0.4 is 18.9 Å². The lowest BCUT2D eigenvalue weighted by Gasteiger charge is -2.15. The van der Waals surface area contributed by atoms with Gasteiger partial charge in [0.2, 0.25) is 0 Å². The molecule has 0 aliphatic heterocycles. The van der Waals surface area contributed by atoms with Gasteiger partial charge in [-0.3, -0.25) is 9.78 Å². The van der Waals surface area contributed by atoms with Gasteiger partial charge in [-0.05, 0) is 23.7 Å². The van der Waals surface area contributed by atoms with Crippen molar-refractivity contribution in [2.24, 2.45) is 0 Å². The van der Waals surface area contributed by atoms with Crippen LogP contribution in [-0.2, 0) is 0 Å². The first kappa shape index (κ1) is 18.7. The number of hydrogen-bond donors (Lipinski definition) is 0. The molecule has 0 atom stereocenters. The lowest BCUT2D eigenvalue weighted by molar-refractivity contribution is -0.274. The molecule has 134 valence electrons. The lowest BCUT2D eigenvalue weighted by atomic mass is 10.2. The zero-order valence-corrected chi connectivity index (χ0v) is 13.6. The number of aromatic nitrogens is 1. The van der Waals surface area contributed by atoms with E-state index in [1.807, 2.05) is 0 Å². The van der Waals surface area contributed by atoms with E-state index in [9.17, 15) is 18.0 Å². The van der Waals surface area contributed by atoms with Crippen molar-refractivity contribution in [2.45, 2.75) is 6.36 Å². The van der Waals surface area contributed by atoms with Gasteiger partial charge in [-0.2, -0.15) is 0 Å². The van der Waals surface area contributed by atoms with Crippen molar-refractivity contribution in [2.75, 3.05) is 14.2 Å². The Labute approximate surface area is 145 Å². The standard InChI is InChI=1S/C15H11ClF3NO5/c1-22-10-5-8(25-15(17,18)19)3-4-9(10)24-12-7-20-6-11(23-2)13(12)14(16)21/h3-7H,1-2H3. The van der Waals surface area contributed by atoms with E-state index in [0.717, 1.165) is 12.1 Å². The molecule has 0 saturated carbocycles. The van der Waals surface area contributed by atoms with Crippen LogP contribution in [0.3, 0.4) is 0 Å². The normalized spacial score (nSPS) is 11.0. The number of ether oxygens (including phenoxy) is 4. The molecule has 0 aliphatic rings. The molecule has 10 heteroatoms. The van der Waals surface area contributed by atoms with Gasteiger partial charge in [0.05, 0.1) is 26.6 Å². The molecule has 25 heavy (non-hydrogen) atoms. The highest BCUT2D eigenvalue weighted by Crippen LogP contribution is 2.38. The van der Waals surface area contributed by atoms with Crippen molar-refractivity contribution in [3.05, 3.63) is 36.2 Å². The van der Waals surface area contributed by atoms with Crippen LogP contribution in [0.4, 0.5) is 13.2 Å². The molecule has 1 aromatic heterocycles. The second-order valence-electron chi connectivity index (χ2n) is 4.45. The minimum atomic E-state index is -4.84. The molecule has 0 unspecified atom stereocenters. The maximum absolute atomic E-state index is 12.3. The quantitative estimate of drug-likeness (QED) is 0.704. The Balaban J connectivity index is 2.39. The van der Waals surface area contributed by atoms with E-state index in [1.54, 1.807) is 0 Å². The van der Waals surface area contributed by atoms with E-state index in [1.165, 1.54) is 32.7 Å². The molecule has 0 aliphatic carbocycles. The molecule has 0 N–H and O–H groups in total. The van der Waals surface area contributed by atoms with Gasteiger partial charge in [0.1, 0.15) is 11.3 Å². The highest BCUT2D eigenvalue weighted by molar-refractivity contribution is 6.68. The van der Waals surface area contributed by atoms with Crippen LogP contribution in [0.2, 0.25) is 0 Å². The third-order valence-corrected chi connectivity index (χ3v) is 3.07. The van der Waals surface area contributed by atoms with Crippen molar-refractivity contribution in [1.29, 1.82) is 0 Å². The Bertz CT molecular complexity index is 782. The van der Waals surface area contributed by atoms with Crippen molar-refractivity contribution in [3.63, 3.8) is 0 Å². The molecule has 1 aromatic carbocycles. The van der Waals surface area contributed by atoms with Crippen molar-refractivity contribution < 1.29 is 36.9 Å². The van der Waals surface area contributed by atoms with Crippen LogP contribution in [0.15, 0.2) is 30.6 Å². The largest absolute Gasteiger partial charge is 0.573 e. The molecular formula is C15H11ClF3NO5. The Morgan fingerprint density at radius 2 is 1.68 bits per heavy atom. The van der Waals surface area contributed by atoms with Gasteiger partial charge in [0.25, 0.3) is 5.24 Å². The molecular weight excluding hydrogens is 367 g/mol. The van der Waals surface area contributed by atoms with E-state index in [-0.39, 0.29) is 28.6 Å². The topological polar surface area (TPSA) is 66.9 Å². The monoisotopic (exact) mass is 377 g/mol. The Morgan fingerprint density at radius 3 is 2.24 bits per heavy atom. The number of pyridine rings is 1. The second kappa shape index (κ2) is 7.47. The Kier molecular flexibility index (Phi) is 5.58. The minimum Gasteiger partial charge on any atom is -0.494 e. The molecule has 0 bridgehead atoms. The molecule has 0 radical (unpaired) electrons. The second-order valence-corrected chi connectivity index (χ2v) is 4.79. The van der Waals surface area contributed by atoms with Crippen LogP contribution in [0.5, 0.6) is 28.7 Å². The van der Waals surface area contributed by atoms with Crippen LogP contribution in [-0.4, -0.2) is 30.8 Å². The summed E-state index contributed by atoms with van der Waals surface area (Å²) in [4.78, 5) is 15.4. The zero-order chi connectivity index (χ0) is 18.6. The van der Waals surface area contributed by atoms with Crippen LogP contribution in [0.1, 0.15) is 10.4 Å². The van der Waals surface area contributed by atoms with E-state index in [2.05, 4.69) is 9.72 Å². The van der Waals surface area contributed by atoms with Gasteiger partial charge in [-0.25, -0.2) is 0 Å². The summed E-state index contributed by atoms with van der Waals surface area (Å²) in [6, 6.07) is 3.20. The molecule has 2 aromatic rings. The number of rotatable bonds is 6. The van der Waals surface area contributed by atoms with Gasteiger partial charge in [-0.1, -0.05) is 0 Å². The van der Waals surface area contributed by atoms with Gasteiger partial charge in [0, 0.05) is 6.07 Å². The van der Waals surface area contributed by atoms with Crippen LogP contribution >= 0.6 is 11.6 Å². The predicted octanol–water partition coefficient (Wildman–Crippen LogP) is 4.17. The summed E-state index contributed by atoms with van der Waals surface area (Å²) in [6.45, 7) is 0. The van der Waals surface area contributed by atoms with E-state index < -0.39 is 17.4 Å². The maximum atomic E-state index is 12.3. The first-order chi connectivity index (χ1) is 11.7. The third-order valence-electron chi connectivity index (χ3n) is 2.88. The summed E-state index contributed by atoms with van der Waals surface area (Å²) in [6.07, 6.45) is -2.38. The lowest BCUT2D eigenvalue weighted by Crippen LogP contribution is -2.17.